The Morgan fingerprint density at radius 3 is 2.33 bits per heavy atom. The van der Waals surface area contributed by atoms with Crippen LogP contribution in [0.5, 0.6) is 11.5 Å². The fourth-order valence-electron chi connectivity index (χ4n) is 5.45. The highest BCUT2D eigenvalue weighted by Gasteiger charge is 2.42. The third kappa shape index (κ3) is 4.73. The smallest absolute Gasteiger partial charge is 0.174 e. The number of nitrogens with one attached hydrogen (secondary N) is 1. The molecule has 1 N–H and O–H groups in total. The molecule has 2 atom stereocenters. The van der Waals surface area contributed by atoms with E-state index in [2.05, 4.69) is 72.0 Å². The minimum atomic E-state index is -0.128. The number of ether oxygens (including phenoxy) is 1. The van der Waals surface area contributed by atoms with Gasteiger partial charge in [0.1, 0.15) is 17.3 Å². The Hall–Kier alpha value is -4.49. The first-order chi connectivity index (χ1) is 19.4. The van der Waals surface area contributed by atoms with Crippen molar-refractivity contribution in [2.75, 3.05) is 4.90 Å². The van der Waals surface area contributed by atoms with E-state index in [0.717, 1.165) is 51.2 Å². The van der Waals surface area contributed by atoms with E-state index in [4.69, 9.17) is 26.9 Å². The second-order valence-electron chi connectivity index (χ2n) is 10.2. The number of anilines is 1. The Balaban J connectivity index is 1.41. The van der Waals surface area contributed by atoms with Crippen LogP contribution in [0.15, 0.2) is 97.3 Å². The van der Waals surface area contributed by atoms with Gasteiger partial charge in [0.15, 0.2) is 5.11 Å². The third-order valence-corrected chi connectivity index (χ3v) is 7.76. The zero-order valence-corrected chi connectivity index (χ0v) is 23.8. The molecule has 0 radical (unpaired) electrons. The lowest BCUT2D eigenvalue weighted by Gasteiger charge is -2.28. The first-order valence-electron chi connectivity index (χ1n) is 13.4. The quantitative estimate of drug-likeness (QED) is 0.223. The predicted octanol–water partition coefficient (Wildman–Crippen LogP) is 7.47. The number of aryl methyl sites for hydroxylation is 3. The number of hydrogen-bond acceptors (Lipinski definition) is 4. The van der Waals surface area contributed by atoms with Gasteiger partial charge >= 0.3 is 0 Å². The van der Waals surface area contributed by atoms with Crippen LogP contribution >= 0.6 is 12.2 Å². The molecule has 0 bridgehead atoms. The van der Waals surface area contributed by atoms with Crippen molar-refractivity contribution in [1.82, 2.24) is 19.9 Å². The summed E-state index contributed by atoms with van der Waals surface area (Å²) < 4.78 is 8.38. The highest BCUT2D eigenvalue weighted by molar-refractivity contribution is 7.80. The number of rotatable bonds is 6. The summed E-state index contributed by atoms with van der Waals surface area (Å²) in [6.45, 7) is 8.37. The molecule has 3 aromatic heterocycles. The Morgan fingerprint density at radius 2 is 1.62 bits per heavy atom. The molecule has 1 fully saturated rings. The van der Waals surface area contributed by atoms with Gasteiger partial charge in [-0.2, -0.15) is 0 Å². The van der Waals surface area contributed by atoms with E-state index in [1.807, 2.05) is 67.8 Å². The molecule has 0 spiro atoms. The van der Waals surface area contributed by atoms with Gasteiger partial charge in [0.25, 0.3) is 0 Å². The van der Waals surface area contributed by atoms with Crippen molar-refractivity contribution in [3.63, 3.8) is 0 Å². The lowest BCUT2D eigenvalue weighted by Crippen LogP contribution is -2.29. The van der Waals surface area contributed by atoms with Gasteiger partial charge in [-0.25, -0.2) is 4.98 Å². The molecule has 4 heterocycles. The summed E-state index contributed by atoms with van der Waals surface area (Å²) in [6, 6.07) is 28.3. The van der Waals surface area contributed by atoms with Crippen LogP contribution in [0.1, 0.15) is 45.9 Å². The van der Waals surface area contributed by atoms with Crippen LogP contribution in [0.25, 0.3) is 5.82 Å². The summed E-state index contributed by atoms with van der Waals surface area (Å²) >= 11 is 5.96. The zero-order valence-electron chi connectivity index (χ0n) is 23.0. The molecule has 200 valence electrons. The lowest BCUT2D eigenvalue weighted by atomic mass is 9.96. The van der Waals surface area contributed by atoms with Crippen LogP contribution in [-0.4, -0.2) is 19.6 Å². The molecular weight excluding hydrogens is 514 g/mol. The third-order valence-electron chi connectivity index (χ3n) is 7.45. The monoisotopic (exact) mass is 545 g/mol. The first-order valence-corrected chi connectivity index (χ1v) is 13.8. The van der Waals surface area contributed by atoms with Crippen molar-refractivity contribution in [3.8, 4) is 17.3 Å². The molecule has 6 nitrogen and oxygen atoms in total. The highest BCUT2D eigenvalue weighted by atomic mass is 32.1. The summed E-state index contributed by atoms with van der Waals surface area (Å²) in [5, 5.41) is 4.23. The average molecular weight is 546 g/mol. The Labute approximate surface area is 240 Å². The van der Waals surface area contributed by atoms with Crippen LogP contribution in [0.4, 0.5) is 5.69 Å². The van der Waals surface area contributed by atoms with Gasteiger partial charge in [-0.1, -0.05) is 30.3 Å². The Bertz CT molecular complexity index is 1660. The van der Waals surface area contributed by atoms with Gasteiger partial charge in [-0.05, 0) is 111 Å². The fourth-order valence-corrected chi connectivity index (χ4v) is 5.80. The molecule has 0 amide bonds. The number of pyridine rings is 2. The molecule has 0 saturated carbocycles. The van der Waals surface area contributed by atoms with Gasteiger partial charge in [0.2, 0.25) is 0 Å². The molecule has 6 rings (SSSR count). The van der Waals surface area contributed by atoms with Crippen LogP contribution in [0.2, 0.25) is 0 Å². The van der Waals surface area contributed by atoms with E-state index in [9.17, 15) is 0 Å². The molecule has 1 aliphatic heterocycles. The van der Waals surface area contributed by atoms with Crippen LogP contribution in [-0.2, 0) is 0 Å². The largest absolute Gasteiger partial charge is 0.457 e. The number of thiocarbonyl (C=S) groups is 1. The van der Waals surface area contributed by atoms with E-state index in [1.54, 1.807) is 0 Å². The SMILES string of the molecule is Cc1ccc(-n2c(C)cc([C@H]3[C@H](c4ccccn4)NC(=S)N3c3ccc(Oc4ccccc4C)cc3)c2C)nc1. The maximum atomic E-state index is 6.16. The van der Waals surface area contributed by atoms with Gasteiger partial charge in [-0.3, -0.25) is 4.98 Å². The van der Waals surface area contributed by atoms with Gasteiger partial charge in [0.05, 0.1) is 17.8 Å². The number of nitrogens with zero attached hydrogens (tertiary/aromatic N) is 4. The minimum absolute atomic E-state index is 0.115. The number of hydrogen-bond donors (Lipinski definition) is 1. The standard InChI is InChI=1S/C33H31N5OS/c1-21-12-17-30(35-20-21)37-23(3)19-27(24(37)4)32-31(28-10-7-8-18-34-28)36-33(40)38(32)25-13-15-26(16-14-25)39-29-11-6-5-9-22(29)2/h5-20,31-32H,1-4H3,(H,36,40)/t31-,32-/m0/s1. The Morgan fingerprint density at radius 1 is 0.850 bits per heavy atom. The lowest BCUT2D eigenvalue weighted by molar-refractivity contribution is 0.479. The van der Waals surface area contributed by atoms with Crippen molar-refractivity contribution in [1.29, 1.82) is 0 Å². The maximum Gasteiger partial charge on any atom is 0.174 e. The number of benzene rings is 2. The summed E-state index contributed by atoms with van der Waals surface area (Å²) in [5.41, 5.74) is 7.55. The summed E-state index contributed by atoms with van der Waals surface area (Å²) in [5.74, 6) is 2.52. The van der Waals surface area contributed by atoms with E-state index >= 15 is 0 Å². The molecule has 0 aliphatic carbocycles. The fraction of sp³-hybridized carbons (Fsp3) is 0.182. The first kappa shape index (κ1) is 25.8. The van der Waals surface area contributed by atoms with Crippen LogP contribution < -0.4 is 15.0 Å². The molecule has 40 heavy (non-hydrogen) atoms. The van der Waals surface area contributed by atoms with E-state index in [-0.39, 0.29) is 12.1 Å². The van der Waals surface area contributed by atoms with Crippen LogP contribution in [0.3, 0.4) is 0 Å². The number of para-hydroxylation sites is 1. The normalized spacial score (nSPS) is 16.7. The summed E-state index contributed by atoms with van der Waals surface area (Å²) in [6.07, 6.45) is 3.74. The summed E-state index contributed by atoms with van der Waals surface area (Å²) in [4.78, 5) is 11.6. The predicted molar refractivity (Wildman–Crippen MR) is 163 cm³/mol. The molecule has 0 unspecified atom stereocenters. The average Bonchev–Trinajstić information content (AvgIpc) is 3.46. The van der Waals surface area contributed by atoms with E-state index in [1.165, 1.54) is 5.56 Å². The van der Waals surface area contributed by atoms with Crippen molar-refractivity contribution in [2.24, 2.45) is 0 Å². The molecule has 5 aromatic rings. The van der Waals surface area contributed by atoms with E-state index in [0.29, 0.717) is 5.11 Å². The van der Waals surface area contributed by atoms with Gasteiger partial charge in [-0.15, -0.1) is 0 Å². The molecule has 2 aromatic carbocycles. The molecule has 1 aliphatic rings. The topological polar surface area (TPSA) is 55.2 Å². The Kier molecular flexibility index (Phi) is 6.82. The van der Waals surface area contributed by atoms with Crippen molar-refractivity contribution < 1.29 is 4.74 Å². The van der Waals surface area contributed by atoms with Crippen molar-refractivity contribution >= 4 is 23.0 Å². The second-order valence-corrected chi connectivity index (χ2v) is 10.6. The highest BCUT2D eigenvalue weighted by Crippen LogP contribution is 2.44. The maximum absolute atomic E-state index is 6.16. The van der Waals surface area contributed by atoms with Gasteiger partial charge < -0.3 is 19.5 Å². The number of aromatic nitrogens is 3. The van der Waals surface area contributed by atoms with Crippen LogP contribution in [0, 0.1) is 27.7 Å². The van der Waals surface area contributed by atoms with Crippen molar-refractivity contribution in [2.45, 2.75) is 39.8 Å². The second kappa shape index (κ2) is 10.6. The molecule has 1 saturated heterocycles. The molecule has 7 heteroatoms. The van der Waals surface area contributed by atoms with Crippen molar-refractivity contribution in [3.05, 3.63) is 131 Å². The minimum Gasteiger partial charge on any atom is -0.457 e. The summed E-state index contributed by atoms with van der Waals surface area (Å²) in [7, 11) is 0. The van der Waals surface area contributed by atoms with E-state index < -0.39 is 0 Å². The van der Waals surface area contributed by atoms with Gasteiger partial charge in [0, 0.05) is 29.5 Å². The molecular formula is C33H31N5OS. The zero-order chi connectivity index (χ0) is 27.8.